The van der Waals surface area contributed by atoms with Crippen LogP contribution < -0.4 is 5.32 Å². The molecule has 3 aliphatic rings. The van der Waals surface area contributed by atoms with Crippen LogP contribution in [0.1, 0.15) is 59.3 Å². The highest BCUT2D eigenvalue weighted by Crippen LogP contribution is 2.51. The molecule has 136 valence electrons. The quantitative estimate of drug-likeness (QED) is 0.544. The van der Waals surface area contributed by atoms with Gasteiger partial charge in [0, 0.05) is 0 Å². The van der Waals surface area contributed by atoms with Crippen molar-refractivity contribution in [2.24, 2.45) is 23.2 Å². The Balaban J connectivity index is 1.93. The first-order valence-electron chi connectivity index (χ1n) is 9.03. The van der Waals surface area contributed by atoms with Gasteiger partial charge >= 0.3 is 12.1 Å². The van der Waals surface area contributed by atoms with Gasteiger partial charge in [-0.25, -0.2) is 9.59 Å². The molecule has 2 bridgehead atoms. The van der Waals surface area contributed by atoms with Crippen LogP contribution in [-0.2, 0) is 9.53 Å². The molecule has 0 aromatic heterocycles. The first kappa shape index (κ1) is 18.8. The van der Waals surface area contributed by atoms with Crippen molar-refractivity contribution in [2.45, 2.75) is 71.4 Å². The molecule has 0 radical (unpaired) electrons. The summed E-state index contributed by atoms with van der Waals surface area (Å²) in [4.78, 5) is 23.6. The topological polar surface area (TPSA) is 75.6 Å². The second kappa shape index (κ2) is 7.58. The number of carbonyl (C=O) groups is 2. The summed E-state index contributed by atoms with van der Waals surface area (Å²) in [7, 11) is 0. The number of amides is 1. The van der Waals surface area contributed by atoms with Crippen molar-refractivity contribution in [3.05, 3.63) is 12.7 Å². The normalized spacial score (nSPS) is 30.0. The van der Waals surface area contributed by atoms with Gasteiger partial charge in [-0.3, -0.25) is 0 Å². The minimum atomic E-state index is -1.03. The molecule has 0 aromatic rings. The Kier molecular flexibility index (Phi) is 5.94. The smallest absolute Gasteiger partial charge is 0.408 e. The second-order valence-electron chi connectivity index (χ2n) is 8.44. The highest BCUT2D eigenvalue weighted by Gasteiger charge is 2.47. The van der Waals surface area contributed by atoms with Crippen molar-refractivity contribution in [3.63, 3.8) is 0 Å². The zero-order chi connectivity index (χ0) is 17.9. The first-order valence-corrected chi connectivity index (χ1v) is 9.03. The maximum absolute atomic E-state index is 12.3. The summed E-state index contributed by atoms with van der Waals surface area (Å²) in [5.41, 5.74) is -0.567. The highest BCUT2D eigenvalue weighted by atomic mass is 16.6. The van der Waals surface area contributed by atoms with Crippen molar-refractivity contribution in [1.29, 1.82) is 0 Å². The van der Waals surface area contributed by atoms with E-state index in [1.54, 1.807) is 20.8 Å². The number of hydrogen-bond acceptors (Lipinski definition) is 3. The Morgan fingerprint density at radius 1 is 1.33 bits per heavy atom. The third kappa shape index (κ3) is 4.52. The van der Waals surface area contributed by atoms with Gasteiger partial charge in [-0.15, -0.1) is 6.58 Å². The van der Waals surface area contributed by atoms with Gasteiger partial charge < -0.3 is 15.2 Å². The molecule has 3 fully saturated rings. The Bertz CT molecular complexity index is 476. The van der Waals surface area contributed by atoms with E-state index in [1.807, 2.05) is 6.08 Å². The zero-order valence-corrected chi connectivity index (χ0v) is 15.1. The van der Waals surface area contributed by atoms with Gasteiger partial charge in [-0.1, -0.05) is 26.8 Å². The number of aliphatic carboxylic acids is 1. The molecule has 24 heavy (non-hydrogen) atoms. The van der Waals surface area contributed by atoms with Gasteiger partial charge in [-0.2, -0.15) is 0 Å². The fourth-order valence-electron chi connectivity index (χ4n) is 4.13. The van der Waals surface area contributed by atoms with Gasteiger partial charge in [0.15, 0.2) is 0 Å². The molecule has 3 saturated carbocycles. The average molecular weight is 337 g/mol. The molecule has 0 aliphatic heterocycles. The third-order valence-electron chi connectivity index (χ3n) is 5.50. The van der Waals surface area contributed by atoms with Gasteiger partial charge in [0.1, 0.15) is 12.1 Å². The number of rotatable bonds is 7. The molecule has 0 aromatic carbocycles. The standard InChI is InChI=1S/C19H31NO4/c1-5-6-7-8-14-13-9-12(10-13)11-15(14)24-18(23)20-16(17(21)22)19(2,3)4/h5,12-16H,1,6-11H2,2-4H3,(H,20,23)(H,21,22). The zero-order valence-electron chi connectivity index (χ0n) is 15.1. The molecule has 5 nitrogen and oxygen atoms in total. The van der Waals surface area contributed by atoms with Crippen LogP contribution in [-0.4, -0.2) is 29.3 Å². The molecule has 3 unspecified atom stereocenters. The lowest BCUT2D eigenvalue weighted by atomic mass is 9.58. The molecule has 1 amide bonds. The lowest BCUT2D eigenvalue weighted by molar-refractivity contribution is -0.142. The van der Waals surface area contributed by atoms with Gasteiger partial charge in [-0.05, 0) is 61.7 Å². The van der Waals surface area contributed by atoms with E-state index in [2.05, 4.69) is 11.9 Å². The van der Waals surface area contributed by atoms with Crippen LogP contribution in [0.25, 0.3) is 0 Å². The van der Waals surface area contributed by atoms with Crippen LogP contribution >= 0.6 is 0 Å². The van der Waals surface area contributed by atoms with E-state index in [-0.39, 0.29) is 6.10 Å². The molecule has 5 heteroatoms. The van der Waals surface area contributed by atoms with Crippen molar-refractivity contribution >= 4 is 12.1 Å². The fraction of sp³-hybridized carbons (Fsp3) is 0.789. The molecule has 0 heterocycles. The predicted octanol–water partition coefficient (Wildman–Crippen LogP) is 3.98. The van der Waals surface area contributed by atoms with E-state index in [9.17, 15) is 14.7 Å². The van der Waals surface area contributed by atoms with Crippen LogP contribution in [0.2, 0.25) is 0 Å². The minimum Gasteiger partial charge on any atom is -0.480 e. The van der Waals surface area contributed by atoms with E-state index in [4.69, 9.17) is 4.74 Å². The largest absolute Gasteiger partial charge is 0.480 e. The van der Waals surface area contributed by atoms with Gasteiger partial charge in [0.25, 0.3) is 0 Å². The van der Waals surface area contributed by atoms with Crippen LogP contribution in [0.3, 0.4) is 0 Å². The Labute approximate surface area is 144 Å². The van der Waals surface area contributed by atoms with Crippen LogP contribution in [0.4, 0.5) is 4.79 Å². The molecular formula is C19H31NO4. The summed E-state index contributed by atoms with van der Waals surface area (Å²) in [6.45, 7) is 9.14. The monoisotopic (exact) mass is 337 g/mol. The van der Waals surface area contributed by atoms with Crippen molar-refractivity contribution in [1.82, 2.24) is 5.32 Å². The lowest BCUT2D eigenvalue weighted by Gasteiger charge is -2.50. The number of nitrogens with one attached hydrogen (secondary N) is 1. The number of unbranched alkanes of at least 4 members (excludes halogenated alkanes) is 1. The van der Waals surface area contributed by atoms with Crippen LogP contribution in [0, 0.1) is 23.2 Å². The second-order valence-corrected chi connectivity index (χ2v) is 8.44. The molecular weight excluding hydrogens is 306 g/mol. The molecule has 3 atom stereocenters. The summed E-state index contributed by atoms with van der Waals surface area (Å²) >= 11 is 0. The Morgan fingerprint density at radius 2 is 2.00 bits per heavy atom. The van der Waals surface area contributed by atoms with Crippen LogP contribution in [0.5, 0.6) is 0 Å². The number of ether oxygens (including phenoxy) is 1. The Morgan fingerprint density at radius 3 is 2.54 bits per heavy atom. The van der Waals surface area contributed by atoms with Gasteiger partial charge in [0.05, 0.1) is 0 Å². The number of carboxylic acids is 1. The fourth-order valence-corrected chi connectivity index (χ4v) is 4.13. The van der Waals surface area contributed by atoms with Crippen molar-refractivity contribution in [2.75, 3.05) is 0 Å². The maximum atomic E-state index is 12.3. The number of hydrogen-bond donors (Lipinski definition) is 2. The first-order chi connectivity index (χ1) is 11.2. The highest BCUT2D eigenvalue weighted by molar-refractivity contribution is 5.80. The number of carboxylic acid groups (broad SMARTS) is 1. The summed E-state index contributed by atoms with van der Waals surface area (Å²) in [6, 6.07) is -0.956. The summed E-state index contributed by atoms with van der Waals surface area (Å²) < 4.78 is 5.67. The minimum absolute atomic E-state index is 0.0817. The average Bonchev–Trinajstić information content (AvgIpc) is 2.43. The lowest BCUT2D eigenvalue weighted by Crippen LogP contribution is -2.52. The Hall–Kier alpha value is -1.52. The number of fused-ring (bicyclic) bond motifs is 2. The number of carbonyl (C=O) groups excluding carboxylic acids is 1. The van der Waals surface area contributed by atoms with Crippen LogP contribution in [0.15, 0.2) is 12.7 Å². The number of allylic oxidation sites excluding steroid dienone is 1. The maximum Gasteiger partial charge on any atom is 0.408 e. The summed E-state index contributed by atoms with van der Waals surface area (Å²) in [5.74, 6) is 0.692. The molecule has 2 N–H and O–H groups in total. The molecule has 0 spiro atoms. The van der Waals surface area contributed by atoms with Crippen molar-refractivity contribution < 1.29 is 19.4 Å². The molecule has 3 aliphatic carbocycles. The van der Waals surface area contributed by atoms with E-state index >= 15 is 0 Å². The predicted molar refractivity (Wildman–Crippen MR) is 92.7 cm³/mol. The summed E-state index contributed by atoms with van der Waals surface area (Å²) in [5, 5.41) is 11.9. The van der Waals surface area contributed by atoms with E-state index in [0.29, 0.717) is 17.8 Å². The molecule has 3 rings (SSSR count). The van der Waals surface area contributed by atoms with E-state index in [1.165, 1.54) is 12.8 Å². The molecule has 0 saturated heterocycles. The SMILES string of the molecule is C=CCCCC1C2CC(C2)CC1OC(=O)NC(C(=O)O)C(C)(C)C. The van der Waals surface area contributed by atoms with E-state index in [0.717, 1.165) is 25.7 Å². The van der Waals surface area contributed by atoms with E-state index < -0.39 is 23.5 Å². The van der Waals surface area contributed by atoms with Crippen molar-refractivity contribution in [3.8, 4) is 0 Å². The summed E-state index contributed by atoms with van der Waals surface area (Å²) in [6.07, 6.45) is 7.75. The third-order valence-corrected chi connectivity index (χ3v) is 5.50. The number of alkyl carbamates (subject to hydrolysis) is 1. The van der Waals surface area contributed by atoms with Gasteiger partial charge in [0.2, 0.25) is 0 Å².